The summed E-state index contributed by atoms with van der Waals surface area (Å²) in [5, 5.41) is 1.79. The highest BCUT2D eigenvalue weighted by Gasteiger charge is 2.58. The van der Waals surface area contributed by atoms with Crippen LogP contribution in [0.15, 0.2) is 97.1 Å². The number of hydrazine groups is 1. The van der Waals surface area contributed by atoms with Crippen LogP contribution >= 0.6 is 0 Å². The van der Waals surface area contributed by atoms with E-state index >= 15 is 0 Å². The van der Waals surface area contributed by atoms with E-state index < -0.39 is 30.3 Å². The molecule has 4 aliphatic heterocycles. The van der Waals surface area contributed by atoms with E-state index in [2.05, 4.69) is 22.5 Å². The number of likely N-dealkylation sites (tertiary alicyclic amines) is 1. The maximum atomic E-state index is 14.6. The van der Waals surface area contributed by atoms with E-state index in [9.17, 15) is 19.2 Å². The molecule has 12 nitrogen and oxygen atoms in total. The number of hydrogen-bond acceptors (Lipinski definition) is 8. The second-order valence-electron chi connectivity index (χ2n) is 13.6. The molecule has 4 heterocycles. The number of nitrogens with one attached hydrogen (secondary N) is 1. The Kier molecular flexibility index (Phi) is 11.2. The summed E-state index contributed by atoms with van der Waals surface area (Å²) >= 11 is 0. The van der Waals surface area contributed by atoms with Crippen LogP contribution in [0.1, 0.15) is 29.2 Å². The van der Waals surface area contributed by atoms with E-state index in [1.54, 1.807) is 9.91 Å². The monoisotopic (exact) mass is 706 g/mol. The Balaban J connectivity index is 1.14. The summed E-state index contributed by atoms with van der Waals surface area (Å²) in [4.78, 5) is 63.1. The highest BCUT2D eigenvalue weighted by atomic mass is 16.6. The molecule has 7 rings (SSSR count). The molecule has 4 saturated heterocycles. The van der Waals surface area contributed by atoms with Crippen LogP contribution < -0.4 is 5.43 Å². The van der Waals surface area contributed by atoms with Crippen LogP contribution in [-0.2, 0) is 30.3 Å². The van der Waals surface area contributed by atoms with Crippen molar-refractivity contribution in [1.82, 2.24) is 30.0 Å². The van der Waals surface area contributed by atoms with Gasteiger partial charge in [-0.2, -0.15) is 0 Å². The SMILES string of the molecule is O=C(C[C@@H](C(=O)N1CCN(CCc2ccccc2)CC1)N1C(=O)[C@@H](N2C(=O)OC[C@@H]2c2ccccc2)[C@H]1/C=C/c1ccccc1)NN1CCOCC1. The zero-order chi connectivity index (χ0) is 35.9. The topological polar surface area (TPSA) is 115 Å². The third-order valence-electron chi connectivity index (χ3n) is 10.4. The van der Waals surface area contributed by atoms with Crippen molar-refractivity contribution in [3.05, 3.63) is 114 Å². The quantitative estimate of drug-likeness (QED) is 0.286. The number of carbonyl (C=O) groups is 4. The van der Waals surface area contributed by atoms with Gasteiger partial charge >= 0.3 is 6.09 Å². The molecule has 4 fully saturated rings. The molecule has 4 aliphatic rings. The van der Waals surface area contributed by atoms with Gasteiger partial charge in [-0.3, -0.25) is 29.6 Å². The van der Waals surface area contributed by atoms with Crippen LogP contribution in [0.2, 0.25) is 0 Å². The summed E-state index contributed by atoms with van der Waals surface area (Å²) in [5.74, 6) is -1.01. The largest absolute Gasteiger partial charge is 0.447 e. The number of morpholine rings is 1. The van der Waals surface area contributed by atoms with Gasteiger partial charge in [0.05, 0.1) is 31.7 Å². The fourth-order valence-corrected chi connectivity index (χ4v) is 7.52. The molecular weight excluding hydrogens is 660 g/mol. The highest BCUT2D eigenvalue weighted by Crippen LogP contribution is 2.39. The first kappa shape index (κ1) is 35.4. The lowest BCUT2D eigenvalue weighted by Gasteiger charge is -2.53. The normalized spacial score (nSPS) is 23.4. The molecule has 4 atom stereocenters. The number of piperazine rings is 1. The second kappa shape index (κ2) is 16.5. The van der Waals surface area contributed by atoms with Gasteiger partial charge in [-0.15, -0.1) is 0 Å². The predicted octanol–water partition coefficient (Wildman–Crippen LogP) is 2.98. The van der Waals surface area contributed by atoms with Gasteiger partial charge in [0.25, 0.3) is 0 Å². The number of hydrogen-bond donors (Lipinski definition) is 1. The van der Waals surface area contributed by atoms with E-state index in [4.69, 9.17) is 9.47 Å². The third kappa shape index (κ3) is 8.04. The molecule has 3 aromatic carbocycles. The van der Waals surface area contributed by atoms with Gasteiger partial charge in [0.2, 0.25) is 17.7 Å². The molecule has 0 radical (unpaired) electrons. The van der Waals surface area contributed by atoms with Crippen LogP contribution in [0.5, 0.6) is 0 Å². The van der Waals surface area contributed by atoms with Crippen LogP contribution in [0.3, 0.4) is 0 Å². The first-order valence-electron chi connectivity index (χ1n) is 18.2. The minimum Gasteiger partial charge on any atom is -0.447 e. The predicted molar refractivity (Wildman–Crippen MR) is 194 cm³/mol. The molecule has 12 heteroatoms. The number of benzene rings is 3. The van der Waals surface area contributed by atoms with Crippen LogP contribution in [0.4, 0.5) is 4.79 Å². The highest BCUT2D eigenvalue weighted by molar-refractivity contribution is 5.99. The lowest BCUT2D eigenvalue weighted by Crippen LogP contribution is -2.75. The summed E-state index contributed by atoms with van der Waals surface area (Å²) in [6.07, 6.45) is 3.89. The first-order valence-corrected chi connectivity index (χ1v) is 18.2. The Hall–Kier alpha value is -5.04. The fraction of sp³-hybridized carbons (Fsp3) is 0.400. The molecular formula is C40H46N6O6. The second-order valence-corrected chi connectivity index (χ2v) is 13.6. The van der Waals surface area contributed by atoms with Gasteiger partial charge in [-0.25, -0.2) is 9.80 Å². The van der Waals surface area contributed by atoms with E-state index in [0.29, 0.717) is 52.5 Å². The number of ether oxygens (including phenoxy) is 2. The zero-order valence-corrected chi connectivity index (χ0v) is 29.3. The van der Waals surface area contributed by atoms with Crippen molar-refractivity contribution >= 4 is 29.9 Å². The summed E-state index contributed by atoms with van der Waals surface area (Å²) in [5.41, 5.74) is 5.96. The molecule has 4 amide bonds. The number of nitrogens with zero attached hydrogens (tertiary/aromatic N) is 5. The van der Waals surface area contributed by atoms with E-state index in [1.807, 2.05) is 91.0 Å². The summed E-state index contributed by atoms with van der Waals surface area (Å²) < 4.78 is 11.0. The van der Waals surface area contributed by atoms with Gasteiger partial charge in [-0.05, 0) is 23.1 Å². The molecule has 52 heavy (non-hydrogen) atoms. The molecule has 0 bridgehead atoms. The van der Waals surface area contributed by atoms with Gasteiger partial charge < -0.3 is 19.3 Å². The molecule has 272 valence electrons. The lowest BCUT2D eigenvalue weighted by molar-refractivity contribution is -0.167. The van der Waals surface area contributed by atoms with Crippen molar-refractivity contribution in [1.29, 1.82) is 0 Å². The van der Waals surface area contributed by atoms with Gasteiger partial charge in [0.1, 0.15) is 18.7 Å². The lowest BCUT2D eigenvalue weighted by atomic mass is 9.87. The van der Waals surface area contributed by atoms with Crippen molar-refractivity contribution < 1.29 is 28.7 Å². The average Bonchev–Trinajstić information content (AvgIpc) is 3.56. The molecule has 0 aromatic heterocycles. The van der Waals surface area contributed by atoms with Crippen molar-refractivity contribution in [3.8, 4) is 0 Å². The Bertz CT molecular complexity index is 1710. The molecule has 3 aromatic rings. The van der Waals surface area contributed by atoms with Crippen molar-refractivity contribution in [2.24, 2.45) is 0 Å². The Morgan fingerprint density at radius 2 is 1.48 bits per heavy atom. The van der Waals surface area contributed by atoms with Gasteiger partial charge in [0, 0.05) is 45.8 Å². The number of cyclic esters (lactones) is 1. The van der Waals surface area contributed by atoms with Crippen LogP contribution in [0, 0.1) is 0 Å². The smallest absolute Gasteiger partial charge is 0.411 e. The van der Waals surface area contributed by atoms with Crippen LogP contribution in [0.25, 0.3) is 6.08 Å². The number of amides is 4. The molecule has 1 N–H and O–H groups in total. The average molecular weight is 707 g/mol. The minimum atomic E-state index is -1.07. The van der Waals surface area contributed by atoms with E-state index in [-0.39, 0.29) is 30.7 Å². The maximum absolute atomic E-state index is 14.6. The van der Waals surface area contributed by atoms with Crippen molar-refractivity contribution in [2.45, 2.75) is 37.0 Å². The fourth-order valence-electron chi connectivity index (χ4n) is 7.52. The summed E-state index contributed by atoms with van der Waals surface area (Å²) in [6, 6.07) is 26.4. The van der Waals surface area contributed by atoms with E-state index in [0.717, 1.165) is 24.1 Å². The van der Waals surface area contributed by atoms with Crippen LogP contribution in [-0.4, -0.2) is 132 Å². The van der Waals surface area contributed by atoms with Gasteiger partial charge in [0.15, 0.2) is 0 Å². The number of carbonyl (C=O) groups excluding carboxylic acids is 4. The number of β-lactam (4-membered cyclic amide) rings is 1. The molecule has 0 aliphatic carbocycles. The Labute approximate surface area is 304 Å². The Morgan fingerprint density at radius 1 is 0.827 bits per heavy atom. The molecule has 0 unspecified atom stereocenters. The van der Waals surface area contributed by atoms with Crippen molar-refractivity contribution in [3.63, 3.8) is 0 Å². The molecule has 0 spiro atoms. The van der Waals surface area contributed by atoms with E-state index in [1.165, 1.54) is 15.4 Å². The number of rotatable bonds is 12. The zero-order valence-electron chi connectivity index (χ0n) is 29.3. The Morgan fingerprint density at radius 3 is 2.17 bits per heavy atom. The summed E-state index contributed by atoms with van der Waals surface area (Å²) in [7, 11) is 0. The molecule has 0 saturated carbocycles. The van der Waals surface area contributed by atoms with Gasteiger partial charge in [-0.1, -0.05) is 103 Å². The minimum absolute atomic E-state index is 0.112. The van der Waals surface area contributed by atoms with Crippen molar-refractivity contribution in [2.75, 3.05) is 65.6 Å². The standard InChI is InChI=1S/C40H46N6O6/c47-36(41-44-24-26-51-27-25-44)28-34(38(48)43-22-20-42(21-23-43)19-18-31-12-6-2-7-13-31)45-33(17-16-30-10-4-1-5-11-30)37(39(45)49)46-35(29-52-40(46)50)32-14-8-3-9-15-32/h1-17,33-35,37H,18-29H2,(H,41,47)/b17-16+/t33-,34+,35-,37+/m1/s1. The summed E-state index contributed by atoms with van der Waals surface area (Å²) in [6.45, 7) is 5.38. The maximum Gasteiger partial charge on any atom is 0.411 e. The third-order valence-corrected chi connectivity index (χ3v) is 10.4. The first-order chi connectivity index (χ1) is 25.5.